The number of carbonyl (C=O) groups excluding carboxylic acids is 2. The first kappa shape index (κ1) is 23.1. The minimum Gasteiger partial charge on any atom is -0.353 e. The van der Waals surface area contributed by atoms with E-state index in [9.17, 15) is 19.7 Å². The normalized spacial score (nSPS) is 38.6. The van der Waals surface area contributed by atoms with Gasteiger partial charge in [-0.3, -0.25) is 19.7 Å². The number of carbonyl (C=O) groups is 2. The molecule has 7 atom stereocenters. The van der Waals surface area contributed by atoms with Crippen LogP contribution in [0.25, 0.3) is 0 Å². The number of hydrogen-bond donors (Lipinski definition) is 1. The van der Waals surface area contributed by atoms with Gasteiger partial charge in [-0.1, -0.05) is 32.1 Å². The lowest BCUT2D eigenvalue weighted by Crippen LogP contribution is -2.60. The van der Waals surface area contributed by atoms with Crippen molar-refractivity contribution in [1.29, 1.82) is 0 Å². The summed E-state index contributed by atoms with van der Waals surface area (Å²) in [6, 6.07) is 6.77. The standard InChI is InChI=1S/C27H35N3O4/c1-26-13-11-21-19(7-10-23-27(21,2)14-12-25(32)29(23)3)20(26)8-9-22(26)28-24(31)16-17-5-4-6-18(15-17)30(33)34/h4-6,12,14-15,19-23H,7-11,13,16H2,1-3H3,(H,28,31)/t19-,20-,21+,22?,23?,26-,27+/m0/s1. The number of amides is 2. The van der Waals surface area contributed by atoms with Gasteiger partial charge in [0.05, 0.1) is 11.3 Å². The predicted octanol–water partition coefficient (Wildman–Crippen LogP) is 4.26. The van der Waals surface area contributed by atoms with Crippen LogP contribution in [0.5, 0.6) is 0 Å². The summed E-state index contributed by atoms with van der Waals surface area (Å²) in [6.07, 6.45) is 10.6. The highest BCUT2D eigenvalue weighted by molar-refractivity contribution is 5.89. The first-order valence-corrected chi connectivity index (χ1v) is 12.6. The number of benzene rings is 1. The van der Waals surface area contributed by atoms with E-state index < -0.39 is 4.92 Å². The van der Waals surface area contributed by atoms with Crippen molar-refractivity contribution < 1.29 is 14.5 Å². The molecule has 3 fully saturated rings. The summed E-state index contributed by atoms with van der Waals surface area (Å²) < 4.78 is 0. The van der Waals surface area contributed by atoms with Gasteiger partial charge in [-0.15, -0.1) is 0 Å². The number of nitro benzene ring substituents is 1. The van der Waals surface area contributed by atoms with E-state index in [-0.39, 0.29) is 46.8 Å². The largest absolute Gasteiger partial charge is 0.353 e. The molecule has 0 radical (unpaired) electrons. The van der Waals surface area contributed by atoms with Crippen molar-refractivity contribution in [3.8, 4) is 0 Å². The Bertz CT molecular complexity index is 1050. The lowest BCUT2D eigenvalue weighted by molar-refractivity contribution is -0.384. The van der Waals surface area contributed by atoms with E-state index in [2.05, 4.69) is 25.2 Å². The molecule has 1 aromatic carbocycles. The summed E-state index contributed by atoms with van der Waals surface area (Å²) in [5.41, 5.74) is 0.785. The predicted molar refractivity (Wildman–Crippen MR) is 129 cm³/mol. The van der Waals surface area contributed by atoms with Crippen molar-refractivity contribution in [1.82, 2.24) is 10.2 Å². The van der Waals surface area contributed by atoms with Crippen LogP contribution in [0.1, 0.15) is 57.9 Å². The Kier molecular flexibility index (Phi) is 5.57. The van der Waals surface area contributed by atoms with Crippen LogP contribution in [-0.4, -0.2) is 40.8 Å². The van der Waals surface area contributed by atoms with Crippen LogP contribution in [0.3, 0.4) is 0 Å². The van der Waals surface area contributed by atoms with Crippen LogP contribution in [0.4, 0.5) is 5.69 Å². The highest BCUT2D eigenvalue weighted by Crippen LogP contribution is 2.63. The van der Waals surface area contributed by atoms with Gasteiger partial charge in [-0.25, -0.2) is 0 Å². The molecule has 2 unspecified atom stereocenters. The van der Waals surface area contributed by atoms with Gasteiger partial charge in [0, 0.05) is 36.7 Å². The number of fused-ring (bicyclic) bond motifs is 5. The van der Waals surface area contributed by atoms with Gasteiger partial charge < -0.3 is 10.2 Å². The summed E-state index contributed by atoms with van der Waals surface area (Å²) in [6.45, 7) is 4.71. The molecule has 0 bridgehead atoms. The number of rotatable bonds is 4. The Morgan fingerprint density at radius 1 is 1.18 bits per heavy atom. The van der Waals surface area contributed by atoms with Crippen molar-refractivity contribution >= 4 is 17.5 Å². The number of non-ortho nitro benzene ring substituents is 1. The average molecular weight is 466 g/mol. The van der Waals surface area contributed by atoms with E-state index >= 15 is 0 Å². The zero-order chi connectivity index (χ0) is 24.3. The zero-order valence-corrected chi connectivity index (χ0v) is 20.3. The second-order valence-corrected chi connectivity index (χ2v) is 11.5. The lowest BCUT2D eigenvalue weighted by atomic mass is 9.48. The van der Waals surface area contributed by atoms with Crippen molar-refractivity contribution in [2.75, 3.05) is 7.05 Å². The van der Waals surface area contributed by atoms with Gasteiger partial charge in [0.2, 0.25) is 11.8 Å². The number of nitro groups is 1. The molecular formula is C27H35N3O4. The number of hydrogen-bond acceptors (Lipinski definition) is 4. The molecule has 3 saturated carbocycles. The maximum atomic E-state index is 12.9. The molecule has 34 heavy (non-hydrogen) atoms. The first-order chi connectivity index (χ1) is 16.1. The second kappa shape index (κ2) is 8.21. The van der Waals surface area contributed by atoms with Crippen molar-refractivity contribution in [3.05, 3.63) is 52.1 Å². The molecule has 7 nitrogen and oxygen atoms in total. The average Bonchev–Trinajstić information content (AvgIpc) is 3.13. The Morgan fingerprint density at radius 2 is 1.97 bits per heavy atom. The Labute approximate surface area is 201 Å². The van der Waals surface area contributed by atoms with Crippen LogP contribution >= 0.6 is 0 Å². The van der Waals surface area contributed by atoms with Crippen LogP contribution in [-0.2, 0) is 16.0 Å². The van der Waals surface area contributed by atoms with E-state index in [1.807, 2.05) is 11.9 Å². The molecule has 1 aliphatic heterocycles. The summed E-state index contributed by atoms with van der Waals surface area (Å²) in [7, 11) is 1.95. The lowest BCUT2D eigenvalue weighted by Gasteiger charge is -2.60. The molecule has 0 spiro atoms. The quantitative estimate of drug-likeness (QED) is 0.531. The summed E-state index contributed by atoms with van der Waals surface area (Å²) >= 11 is 0. The van der Waals surface area contributed by atoms with Crippen molar-refractivity contribution in [2.45, 2.75) is 70.9 Å². The van der Waals surface area contributed by atoms with E-state index in [4.69, 9.17) is 0 Å². The molecule has 1 heterocycles. The van der Waals surface area contributed by atoms with Crippen LogP contribution in [0.2, 0.25) is 0 Å². The van der Waals surface area contributed by atoms with Gasteiger partial charge in [0.25, 0.3) is 5.69 Å². The summed E-state index contributed by atoms with van der Waals surface area (Å²) in [4.78, 5) is 37.8. The van der Waals surface area contributed by atoms with Gasteiger partial charge in [0.1, 0.15) is 0 Å². The summed E-state index contributed by atoms with van der Waals surface area (Å²) in [5, 5.41) is 14.4. The highest BCUT2D eigenvalue weighted by Gasteiger charge is 2.60. The molecule has 1 aromatic rings. The van der Waals surface area contributed by atoms with Gasteiger partial charge in [0.15, 0.2) is 0 Å². The molecule has 2 amide bonds. The molecule has 182 valence electrons. The van der Waals surface area contributed by atoms with E-state index in [1.165, 1.54) is 12.1 Å². The van der Waals surface area contributed by atoms with Crippen LogP contribution in [0.15, 0.2) is 36.4 Å². The molecule has 0 saturated heterocycles. The fourth-order valence-electron chi connectivity index (χ4n) is 8.19. The number of likely N-dealkylation sites (N-methyl/N-ethyl adjacent to an activating group) is 1. The molecule has 4 aliphatic rings. The Balaban J connectivity index is 1.30. The van der Waals surface area contributed by atoms with Crippen LogP contribution in [0, 0.1) is 38.7 Å². The minimum absolute atomic E-state index is 0.0183. The highest BCUT2D eigenvalue weighted by atomic mass is 16.6. The zero-order valence-electron chi connectivity index (χ0n) is 20.3. The maximum absolute atomic E-state index is 12.9. The van der Waals surface area contributed by atoms with Gasteiger partial charge in [-0.05, 0) is 73.3 Å². The number of nitrogens with one attached hydrogen (secondary N) is 1. The minimum atomic E-state index is -0.424. The second-order valence-electron chi connectivity index (χ2n) is 11.5. The van der Waals surface area contributed by atoms with Crippen LogP contribution < -0.4 is 5.32 Å². The monoisotopic (exact) mass is 465 g/mol. The smallest absolute Gasteiger partial charge is 0.269 e. The SMILES string of the molecule is CN1C(=O)C=C[C@@]2(C)C1CC[C@@H]1[C@H]2CC[C@]2(C)C(NC(=O)Cc3cccc([N+](=O)[O-])c3)CC[C@@H]12. The Morgan fingerprint density at radius 3 is 2.74 bits per heavy atom. The molecule has 5 rings (SSSR count). The molecule has 0 aromatic heterocycles. The maximum Gasteiger partial charge on any atom is 0.269 e. The first-order valence-electron chi connectivity index (χ1n) is 12.6. The summed E-state index contributed by atoms with van der Waals surface area (Å²) in [5.74, 6) is 1.82. The Hall–Kier alpha value is -2.70. The molecule has 3 aliphatic carbocycles. The van der Waals surface area contributed by atoms with Gasteiger partial charge >= 0.3 is 0 Å². The number of nitrogens with zero attached hydrogens (tertiary/aromatic N) is 2. The van der Waals surface area contributed by atoms with E-state index in [0.29, 0.717) is 23.3 Å². The third-order valence-electron chi connectivity index (χ3n) is 9.95. The van der Waals surface area contributed by atoms with Crippen molar-refractivity contribution in [2.24, 2.45) is 28.6 Å². The fraction of sp³-hybridized carbons (Fsp3) is 0.630. The molecule has 1 N–H and O–H groups in total. The van der Waals surface area contributed by atoms with Crippen molar-refractivity contribution in [3.63, 3.8) is 0 Å². The molecule has 7 heteroatoms. The third-order valence-corrected chi connectivity index (χ3v) is 9.95. The van der Waals surface area contributed by atoms with Gasteiger partial charge in [-0.2, -0.15) is 0 Å². The fourth-order valence-corrected chi connectivity index (χ4v) is 8.19. The third kappa shape index (κ3) is 3.55. The van der Waals surface area contributed by atoms with E-state index in [1.54, 1.807) is 18.2 Å². The topological polar surface area (TPSA) is 92.6 Å². The molecular weight excluding hydrogens is 430 g/mol. The van der Waals surface area contributed by atoms with E-state index in [0.717, 1.165) is 38.5 Å².